The number of benzene rings is 1. The van der Waals surface area contributed by atoms with Gasteiger partial charge in [-0.2, -0.15) is 0 Å². The predicted octanol–water partition coefficient (Wildman–Crippen LogP) is 3.68. The minimum absolute atomic E-state index is 0.0723. The Morgan fingerprint density at radius 2 is 2.17 bits per heavy atom. The molecule has 3 unspecified atom stereocenters. The highest BCUT2D eigenvalue weighted by molar-refractivity contribution is 9.10. The second-order valence-electron chi connectivity index (χ2n) is 5.69. The van der Waals surface area contributed by atoms with Gasteiger partial charge in [0.25, 0.3) is 5.91 Å². The topological polar surface area (TPSA) is 29.1 Å². The molecule has 2 saturated carbocycles. The molecule has 0 spiro atoms. The Labute approximate surface area is 116 Å². The zero-order valence-electron chi connectivity index (χ0n) is 10.6. The van der Waals surface area contributed by atoms with Crippen molar-refractivity contribution < 1.29 is 4.79 Å². The van der Waals surface area contributed by atoms with Crippen LogP contribution >= 0.6 is 15.9 Å². The Kier molecular flexibility index (Phi) is 3.18. The van der Waals surface area contributed by atoms with Crippen LogP contribution < -0.4 is 5.32 Å². The molecule has 1 aromatic rings. The van der Waals surface area contributed by atoms with Crippen LogP contribution in [0.1, 0.15) is 41.6 Å². The number of amides is 1. The second kappa shape index (κ2) is 4.69. The molecule has 96 valence electrons. The Bertz CT molecular complexity index is 485. The van der Waals surface area contributed by atoms with E-state index in [0.29, 0.717) is 6.04 Å². The van der Waals surface area contributed by atoms with Gasteiger partial charge in [-0.25, -0.2) is 0 Å². The number of rotatable bonds is 2. The van der Waals surface area contributed by atoms with Crippen molar-refractivity contribution in [2.24, 2.45) is 11.8 Å². The summed E-state index contributed by atoms with van der Waals surface area (Å²) in [4.78, 5) is 12.3. The first-order chi connectivity index (χ1) is 8.65. The van der Waals surface area contributed by atoms with E-state index in [0.717, 1.165) is 27.4 Å². The normalized spacial score (nSPS) is 29.6. The molecule has 2 aliphatic carbocycles. The molecule has 0 radical (unpaired) electrons. The van der Waals surface area contributed by atoms with Gasteiger partial charge in [-0.3, -0.25) is 4.79 Å². The average Bonchev–Trinajstić information content (AvgIpc) is 2.94. The smallest absolute Gasteiger partial charge is 0.252 e. The minimum atomic E-state index is 0.0723. The van der Waals surface area contributed by atoms with E-state index in [4.69, 9.17) is 0 Å². The molecule has 1 amide bonds. The van der Waals surface area contributed by atoms with Crippen LogP contribution in [0.25, 0.3) is 0 Å². The maximum absolute atomic E-state index is 12.3. The summed E-state index contributed by atoms with van der Waals surface area (Å²) in [7, 11) is 0. The average molecular weight is 308 g/mol. The predicted molar refractivity (Wildman–Crippen MR) is 75.6 cm³/mol. The van der Waals surface area contributed by atoms with Crippen LogP contribution in [-0.2, 0) is 0 Å². The monoisotopic (exact) mass is 307 g/mol. The van der Waals surface area contributed by atoms with E-state index < -0.39 is 0 Å². The number of aryl methyl sites for hydroxylation is 1. The number of hydrogen-bond donors (Lipinski definition) is 1. The fourth-order valence-corrected chi connectivity index (χ4v) is 3.93. The molecule has 3 atom stereocenters. The Hall–Kier alpha value is -0.830. The third-order valence-electron chi connectivity index (χ3n) is 4.49. The van der Waals surface area contributed by atoms with E-state index in [-0.39, 0.29) is 5.91 Å². The summed E-state index contributed by atoms with van der Waals surface area (Å²) in [6, 6.07) is 6.25. The third kappa shape index (κ3) is 2.09. The van der Waals surface area contributed by atoms with Crippen molar-refractivity contribution in [3.63, 3.8) is 0 Å². The van der Waals surface area contributed by atoms with E-state index in [9.17, 15) is 4.79 Å². The first-order valence-corrected chi connectivity index (χ1v) is 7.50. The van der Waals surface area contributed by atoms with Gasteiger partial charge in [0.2, 0.25) is 0 Å². The molecule has 2 nitrogen and oxygen atoms in total. The van der Waals surface area contributed by atoms with E-state index in [1.54, 1.807) is 0 Å². The van der Waals surface area contributed by atoms with Crippen LogP contribution in [-0.4, -0.2) is 11.9 Å². The summed E-state index contributed by atoms with van der Waals surface area (Å²) < 4.78 is 0.922. The molecular weight excluding hydrogens is 290 g/mol. The molecule has 2 fully saturated rings. The molecule has 0 saturated heterocycles. The SMILES string of the molecule is Cc1cccc(C(=O)NC2CC3CCC2C3)c1Br. The van der Waals surface area contributed by atoms with E-state index in [2.05, 4.69) is 21.2 Å². The largest absolute Gasteiger partial charge is 0.349 e. The van der Waals surface area contributed by atoms with E-state index in [1.807, 2.05) is 25.1 Å². The number of halogens is 1. The van der Waals surface area contributed by atoms with Crippen molar-refractivity contribution in [2.45, 2.75) is 38.6 Å². The van der Waals surface area contributed by atoms with Crippen molar-refractivity contribution in [2.75, 3.05) is 0 Å². The summed E-state index contributed by atoms with van der Waals surface area (Å²) in [5.41, 5.74) is 1.87. The molecule has 1 N–H and O–H groups in total. The van der Waals surface area contributed by atoms with Gasteiger partial charge in [0.05, 0.1) is 5.56 Å². The molecule has 2 aliphatic rings. The summed E-state index contributed by atoms with van der Waals surface area (Å²) in [5.74, 6) is 1.66. The lowest BCUT2D eigenvalue weighted by atomic mass is 9.95. The molecule has 0 aromatic heterocycles. The lowest BCUT2D eigenvalue weighted by Gasteiger charge is -2.23. The zero-order valence-corrected chi connectivity index (χ0v) is 12.2. The summed E-state index contributed by atoms with van der Waals surface area (Å²) in [6.07, 6.45) is 5.16. The van der Waals surface area contributed by atoms with Crippen molar-refractivity contribution in [3.8, 4) is 0 Å². The summed E-state index contributed by atoms with van der Waals surface area (Å²) >= 11 is 3.51. The van der Waals surface area contributed by atoms with Gasteiger partial charge in [-0.05, 0) is 65.6 Å². The lowest BCUT2D eigenvalue weighted by Crippen LogP contribution is -2.38. The van der Waals surface area contributed by atoms with Crippen LogP contribution in [0.5, 0.6) is 0 Å². The quantitative estimate of drug-likeness (QED) is 0.887. The third-order valence-corrected chi connectivity index (χ3v) is 5.54. The first kappa shape index (κ1) is 12.2. The number of fused-ring (bicyclic) bond motifs is 2. The fraction of sp³-hybridized carbons (Fsp3) is 0.533. The van der Waals surface area contributed by atoms with Crippen molar-refractivity contribution in [3.05, 3.63) is 33.8 Å². The van der Waals surface area contributed by atoms with Gasteiger partial charge >= 0.3 is 0 Å². The number of hydrogen-bond acceptors (Lipinski definition) is 1. The van der Waals surface area contributed by atoms with Crippen molar-refractivity contribution in [1.82, 2.24) is 5.32 Å². The minimum Gasteiger partial charge on any atom is -0.349 e. The van der Waals surface area contributed by atoms with Gasteiger partial charge in [-0.15, -0.1) is 0 Å². The number of nitrogens with one attached hydrogen (secondary N) is 1. The van der Waals surface area contributed by atoms with Crippen molar-refractivity contribution in [1.29, 1.82) is 0 Å². The van der Waals surface area contributed by atoms with E-state index >= 15 is 0 Å². The standard InChI is InChI=1S/C15H18BrNO/c1-9-3-2-4-12(14(9)16)15(18)17-13-8-10-5-6-11(13)7-10/h2-4,10-11,13H,5-8H2,1H3,(H,17,18). The number of carbonyl (C=O) groups is 1. The lowest BCUT2D eigenvalue weighted by molar-refractivity contribution is 0.0922. The molecular formula is C15H18BrNO. The second-order valence-corrected chi connectivity index (χ2v) is 6.48. The molecule has 0 aliphatic heterocycles. The Balaban J connectivity index is 1.73. The van der Waals surface area contributed by atoms with Gasteiger partial charge in [0.15, 0.2) is 0 Å². The van der Waals surface area contributed by atoms with Gasteiger partial charge < -0.3 is 5.32 Å². The van der Waals surface area contributed by atoms with Gasteiger partial charge in [0, 0.05) is 10.5 Å². The van der Waals surface area contributed by atoms with Crippen molar-refractivity contribution >= 4 is 21.8 Å². The van der Waals surface area contributed by atoms with Crippen LogP contribution in [0.4, 0.5) is 0 Å². The fourth-order valence-electron chi connectivity index (χ4n) is 3.49. The molecule has 2 bridgehead atoms. The van der Waals surface area contributed by atoms with Crippen LogP contribution in [0, 0.1) is 18.8 Å². The summed E-state index contributed by atoms with van der Waals surface area (Å²) in [5, 5.41) is 3.23. The molecule has 0 heterocycles. The summed E-state index contributed by atoms with van der Waals surface area (Å²) in [6.45, 7) is 2.01. The van der Waals surface area contributed by atoms with Crippen LogP contribution in [0.2, 0.25) is 0 Å². The Morgan fingerprint density at radius 1 is 1.33 bits per heavy atom. The first-order valence-electron chi connectivity index (χ1n) is 6.71. The molecule has 3 rings (SSSR count). The molecule has 18 heavy (non-hydrogen) atoms. The maximum Gasteiger partial charge on any atom is 0.252 e. The Morgan fingerprint density at radius 3 is 2.83 bits per heavy atom. The molecule has 3 heteroatoms. The highest BCUT2D eigenvalue weighted by Crippen LogP contribution is 2.44. The van der Waals surface area contributed by atoms with Gasteiger partial charge in [-0.1, -0.05) is 18.6 Å². The van der Waals surface area contributed by atoms with E-state index in [1.165, 1.54) is 25.7 Å². The maximum atomic E-state index is 12.3. The molecule has 1 aromatic carbocycles. The van der Waals surface area contributed by atoms with Crippen LogP contribution in [0.3, 0.4) is 0 Å². The zero-order chi connectivity index (χ0) is 12.7. The number of carbonyl (C=O) groups excluding carboxylic acids is 1. The van der Waals surface area contributed by atoms with Gasteiger partial charge in [0.1, 0.15) is 0 Å². The highest BCUT2D eigenvalue weighted by atomic mass is 79.9. The highest BCUT2D eigenvalue weighted by Gasteiger charge is 2.40. The van der Waals surface area contributed by atoms with Crippen LogP contribution in [0.15, 0.2) is 22.7 Å².